The van der Waals surface area contributed by atoms with E-state index in [1.807, 2.05) is 0 Å². The molecule has 0 saturated carbocycles. The second-order valence-corrected chi connectivity index (χ2v) is 4.07. The smallest absolute Gasteiger partial charge is 0.228 e. The molecule has 1 aromatic heterocycles. The van der Waals surface area contributed by atoms with Crippen LogP contribution in [0.2, 0.25) is 0 Å². The fourth-order valence-corrected chi connectivity index (χ4v) is 1.75. The molecule has 0 radical (unpaired) electrons. The zero-order chi connectivity index (χ0) is 9.26. The van der Waals surface area contributed by atoms with Gasteiger partial charge in [-0.25, -0.2) is 0 Å². The van der Waals surface area contributed by atoms with Crippen molar-refractivity contribution in [2.24, 2.45) is 5.92 Å². The van der Waals surface area contributed by atoms with E-state index in [1.54, 1.807) is 0 Å². The number of fused-ring (bicyclic) bond motifs is 1. The van der Waals surface area contributed by atoms with Crippen LogP contribution in [-0.2, 0) is 12.8 Å². The van der Waals surface area contributed by atoms with Crippen molar-refractivity contribution in [2.75, 3.05) is 11.9 Å². The van der Waals surface area contributed by atoms with E-state index in [9.17, 15) is 0 Å². The summed E-state index contributed by atoms with van der Waals surface area (Å²) >= 11 is 0. The quantitative estimate of drug-likeness (QED) is 0.758. The molecule has 2 rings (SSSR count). The fraction of sp³-hybridized carbons (Fsp3) is 0.700. The molecule has 1 N–H and O–H groups in total. The number of anilines is 1. The van der Waals surface area contributed by atoms with Gasteiger partial charge in [-0.15, -0.1) is 0 Å². The molecule has 0 spiro atoms. The van der Waals surface area contributed by atoms with E-state index in [4.69, 9.17) is 4.52 Å². The van der Waals surface area contributed by atoms with Gasteiger partial charge in [0, 0.05) is 12.1 Å². The van der Waals surface area contributed by atoms with Gasteiger partial charge in [-0.05, 0) is 25.2 Å². The predicted octanol–water partition coefficient (Wildman–Crippen LogP) is 2.23. The molecular formula is C10H16N2O. The van der Waals surface area contributed by atoms with Crippen LogP contribution >= 0.6 is 0 Å². The Morgan fingerprint density at radius 2 is 2.38 bits per heavy atom. The van der Waals surface area contributed by atoms with Crippen molar-refractivity contribution < 1.29 is 4.52 Å². The van der Waals surface area contributed by atoms with Crippen molar-refractivity contribution >= 4 is 5.88 Å². The predicted molar refractivity (Wildman–Crippen MR) is 51.9 cm³/mol. The van der Waals surface area contributed by atoms with Crippen molar-refractivity contribution in [3.05, 3.63) is 11.3 Å². The topological polar surface area (TPSA) is 38.1 Å². The third-order valence-corrected chi connectivity index (χ3v) is 2.36. The molecule has 2 heterocycles. The molecule has 3 heteroatoms. The molecule has 0 saturated heterocycles. The second-order valence-electron chi connectivity index (χ2n) is 4.07. The van der Waals surface area contributed by atoms with Gasteiger partial charge >= 0.3 is 0 Å². The van der Waals surface area contributed by atoms with Gasteiger partial charge in [0.05, 0.1) is 5.69 Å². The number of hydrogen-bond donors (Lipinski definition) is 1. The first-order valence-corrected chi connectivity index (χ1v) is 4.98. The van der Waals surface area contributed by atoms with Crippen LogP contribution in [0.25, 0.3) is 0 Å². The molecule has 0 fully saturated rings. The maximum absolute atomic E-state index is 5.23. The highest BCUT2D eigenvalue weighted by molar-refractivity contribution is 5.45. The Bertz CT molecular complexity index is 291. The maximum atomic E-state index is 5.23. The van der Waals surface area contributed by atoms with E-state index in [0.29, 0.717) is 5.92 Å². The first kappa shape index (κ1) is 8.60. The number of hydrogen-bond acceptors (Lipinski definition) is 3. The summed E-state index contributed by atoms with van der Waals surface area (Å²) in [6, 6.07) is 0. The first-order chi connectivity index (χ1) is 6.27. The summed E-state index contributed by atoms with van der Waals surface area (Å²) in [4.78, 5) is 0. The Kier molecular flexibility index (Phi) is 2.25. The van der Waals surface area contributed by atoms with Crippen LogP contribution in [0.3, 0.4) is 0 Å². The van der Waals surface area contributed by atoms with Crippen LogP contribution in [0.1, 0.15) is 31.5 Å². The normalized spacial score (nSPS) is 15.6. The van der Waals surface area contributed by atoms with E-state index in [0.717, 1.165) is 31.0 Å². The summed E-state index contributed by atoms with van der Waals surface area (Å²) in [5, 5.41) is 7.33. The lowest BCUT2D eigenvalue weighted by molar-refractivity contribution is 0.417. The third-order valence-electron chi connectivity index (χ3n) is 2.36. The molecule has 1 aliphatic rings. The van der Waals surface area contributed by atoms with E-state index in [2.05, 4.69) is 24.3 Å². The van der Waals surface area contributed by atoms with Gasteiger partial charge in [0.25, 0.3) is 0 Å². The van der Waals surface area contributed by atoms with E-state index >= 15 is 0 Å². The lowest BCUT2D eigenvalue weighted by Gasteiger charge is -2.11. The highest BCUT2D eigenvalue weighted by Gasteiger charge is 2.19. The van der Waals surface area contributed by atoms with E-state index < -0.39 is 0 Å². The zero-order valence-electron chi connectivity index (χ0n) is 8.26. The third kappa shape index (κ3) is 1.69. The standard InChI is InChI=1S/C10H16N2O/c1-7(2)6-9-8-4-3-5-11-10(8)13-12-9/h7,11H,3-6H2,1-2H3. The molecule has 0 atom stereocenters. The van der Waals surface area contributed by atoms with Crippen LogP contribution < -0.4 is 5.32 Å². The Hall–Kier alpha value is -0.990. The van der Waals surface area contributed by atoms with Crippen LogP contribution in [0.4, 0.5) is 5.88 Å². The minimum absolute atomic E-state index is 0.649. The summed E-state index contributed by atoms with van der Waals surface area (Å²) < 4.78 is 5.23. The summed E-state index contributed by atoms with van der Waals surface area (Å²) in [6.07, 6.45) is 3.34. The van der Waals surface area contributed by atoms with Crippen LogP contribution in [0.5, 0.6) is 0 Å². The molecule has 72 valence electrons. The number of nitrogens with zero attached hydrogens (tertiary/aromatic N) is 1. The van der Waals surface area contributed by atoms with Gasteiger partial charge in [0.1, 0.15) is 0 Å². The molecule has 1 aromatic rings. The van der Waals surface area contributed by atoms with E-state index in [1.165, 1.54) is 12.0 Å². The Balaban J connectivity index is 2.21. The number of nitrogens with one attached hydrogen (secondary N) is 1. The van der Waals surface area contributed by atoms with Crippen molar-refractivity contribution in [2.45, 2.75) is 33.1 Å². The average molecular weight is 180 g/mol. The van der Waals surface area contributed by atoms with Gasteiger partial charge < -0.3 is 9.84 Å². The van der Waals surface area contributed by atoms with Crippen LogP contribution in [-0.4, -0.2) is 11.7 Å². The van der Waals surface area contributed by atoms with Crippen molar-refractivity contribution in [3.63, 3.8) is 0 Å². The summed E-state index contributed by atoms with van der Waals surface area (Å²) in [6.45, 7) is 5.43. The Morgan fingerprint density at radius 3 is 3.15 bits per heavy atom. The van der Waals surface area contributed by atoms with Crippen molar-refractivity contribution in [3.8, 4) is 0 Å². The van der Waals surface area contributed by atoms with Gasteiger partial charge in [0.15, 0.2) is 0 Å². The van der Waals surface area contributed by atoms with Crippen LogP contribution in [0, 0.1) is 5.92 Å². The van der Waals surface area contributed by atoms with E-state index in [-0.39, 0.29) is 0 Å². The highest BCUT2D eigenvalue weighted by Crippen LogP contribution is 2.26. The lowest BCUT2D eigenvalue weighted by atomic mass is 10.0. The minimum Gasteiger partial charge on any atom is -0.354 e. The summed E-state index contributed by atoms with van der Waals surface area (Å²) in [5.74, 6) is 1.55. The summed E-state index contributed by atoms with van der Waals surface area (Å²) in [5.41, 5.74) is 2.46. The molecule has 0 unspecified atom stereocenters. The fourth-order valence-electron chi connectivity index (χ4n) is 1.75. The molecule has 13 heavy (non-hydrogen) atoms. The Morgan fingerprint density at radius 1 is 1.54 bits per heavy atom. The number of rotatable bonds is 2. The van der Waals surface area contributed by atoms with Gasteiger partial charge in [-0.1, -0.05) is 19.0 Å². The lowest BCUT2D eigenvalue weighted by Crippen LogP contribution is -2.11. The largest absolute Gasteiger partial charge is 0.354 e. The second kappa shape index (κ2) is 3.40. The molecule has 0 aliphatic carbocycles. The minimum atomic E-state index is 0.649. The van der Waals surface area contributed by atoms with Crippen LogP contribution in [0.15, 0.2) is 4.52 Å². The molecule has 3 nitrogen and oxygen atoms in total. The first-order valence-electron chi connectivity index (χ1n) is 4.98. The van der Waals surface area contributed by atoms with Crippen molar-refractivity contribution in [1.82, 2.24) is 5.16 Å². The highest BCUT2D eigenvalue weighted by atomic mass is 16.5. The maximum Gasteiger partial charge on any atom is 0.228 e. The molecule has 0 aromatic carbocycles. The molecule has 0 bridgehead atoms. The number of aromatic nitrogens is 1. The van der Waals surface area contributed by atoms with Gasteiger partial charge in [0.2, 0.25) is 5.88 Å². The average Bonchev–Trinajstić information content (AvgIpc) is 2.48. The molecule has 0 amide bonds. The molecular weight excluding hydrogens is 164 g/mol. The van der Waals surface area contributed by atoms with Gasteiger partial charge in [-0.3, -0.25) is 0 Å². The monoisotopic (exact) mass is 180 g/mol. The van der Waals surface area contributed by atoms with Crippen molar-refractivity contribution in [1.29, 1.82) is 0 Å². The SMILES string of the molecule is CC(C)Cc1noc2c1CCCN2. The Labute approximate surface area is 78.5 Å². The molecule has 1 aliphatic heterocycles. The van der Waals surface area contributed by atoms with Gasteiger partial charge in [-0.2, -0.15) is 0 Å². The summed E-state index contributed by atoms with van der Waals surface area (Å²) in [7, 11) is 0. The zero-order valence-corrected chi connectivity index (χ0v) is 8.26.